The quantitative estimate of drug-likeness (QED) is 0.927. The number of likely N-dealkylation sites (tertiary alicyclic amines) is 1. The zero-order chi connectivity index (χ0) is 16.8. The van der Waals surface area contributed by atoms with Gasteiger partial charge < -0.3 is 15.0 Å². The van der Waals surface area contributed by atoms with E-state index in [0.29, 0.717) is 25.3 Å². The maximum atomic E-state index is 12.3. The average Bonchev–Trinajstić information content (AvgIpc) is 3.09. The molecule has 0 spiro atoms. The molecule has 2 heterocycles. The number of hydrogen-bond acceptors (Lipinski definition) is 4. The first kappa shape index (κ1) is 16.5. The SMILES string of the molecule is O=C(NC1CCN(C(=O)Cc2cccs2)CC1)Oc1ccccc1. The monoisotopic (exact) mass is 344 g/mol. The molecule has 0 bridgehead atoms. The molecular formula is C18H20N2O3S. The maximum Gasteiger partial charge on any atom is 0.412 e. The van der Waals surface area contributed by atoms with E-state index in [1.165, 1.54) is 0 Å². The van der Waals surface area contributed by atoms with Gasteiger partial charge in [0.05, 0.1) is 6.42 Å². The third kappa shape index (κ3) is 4.58. The summed E-state index contributed by atoms with van der Waals surface area (Å²) in [6.07, 6.45) is 1.52. The lowest BCUT2D eigenvalue weighted by Gasteiger charge is -2.32. The van der Waals surface area contributed by atoms with Crippen LogP contribution >= 0.6 is 11.3 Å². The van der Waals surface area contributed by atoms with Gasteiger partial charge in [0.25, 0.3) is 0 Å². The molecule has 0 saturated carbocycles. The average molecular weight is 344 g/mol. The Morgan fingerprint density at radius 3 is 2.54 bits per heavy atom. The van der Waals surface area contributed by atoms with Crippen LogP contribution in [0, 0.1) is 0 Å². The standard InChI is InChI=1S/C18H20N2O3S/c21-17(13-16-7-4-12-24-16)20-10-8-14(9-11-20)19-18(22)23-15-5-2-1-3-6-15/h1-7,12,14H,8-11,13H2,(H,19,22). The molecule has 1 aliphatic rings. The molecule has 1 N–H and O–H groups in total. The first-order chi connectivity index (χ1) is 11.7. The molecule has 2 amide bonds. The van der Waals surface area contributed by atoms with Crippen molar-refractivity contribution in [1.29, 1.82) is 0 Å². The minimum atomic E-state index is -0.440. The molecule has 0 unspecified atom stereocenters. The van der Waals surface area contributed by atoms with Gasteiger partial charge in [0, 0.05) is 24.0 Å². The second-order valence-electron chi connectivity index (χ2n) is 5.76. The topological polar surface area (TPSA) is 58.6 Å². The van der Waals surface area contributed by atoms with Crippen molar-refractivity contribution in [3.8, 4) is 5.75 Å². The number of nitrogens with one attached hydrogen (secondary N) is 1. The molecule has 1 saturated heterocycles. The Kier molecular flexibility index (Phi) is 5.48. The number of thiophene rings is 1. The molecule has 3 rings (SSSR count). The molecule has 5 nitrogen and oxygen atoms in total. The molecule has 6 heteroatoms. The second-order valence-corrected chi connectivity index (χ2v) is 6.79. The van der Waals surface area contributed by atoms with Crippen LogP contribution in [0.5, 0.6) is 5.75 Å². The minimum Gasteiger partial charge on any atom is -0.410 e. The zero-order valence-corrected chi connectivity index (χ0v) is 14.1. The molecule has 1 aliphatic heterocycles. The van der Waals surface area contributed by atoms with E-state index in [4.69, 9.17) is 4.74 Å². The maximum absolute atomic E-state index is 12.3. The van der Waals surface area contributed by atoms with E-state index in [1.54, 1.807) is 23.5 Å². The van der Waals surface area contributed by atoms with Crippen molar-refractivity contribution < 1.29 is 14.3 Å². The van der Waals surface area contributed by atoms with Gasteiger partial charge in [-0.25, -0.2) is 4.79 Å². The van der Waals surface area contributed by atoms with Gasteiger partial charge in [0.1, 0.15) is 5.75 Å². The van der Waals surface area contributed by atoms with Crippen LogP contribution in [0.1, 0.15) is 17.7 Å². The lowest BCUT2D eigenvalue weighted by Crippen LogP contribution is -2.47. The fourth-order valence-corrected chi connectivity index (χ4v) is 3.43. The van der Waals surface area contributed by atoms with Crippen LogP contribution in [-0.2, 0) is 11.2 Å². The van der Waals surface area contributed by atoms with E-state index >= 15 is 0 Å². The Hall–Kier alpha value is -2.34. The summed E-state index contributed by atoms with van der Waals surface area (Å²) in [4.78, 5) is 27.1. The van der Waals surface area contributed by atoms with Gasteiger partial charge in [0.15, 0.2) is 0 Å². The molecule has 0 atom stereocenters. The normalized spacial score (nSPS) is 15.1. The van der Waals surface area contributed by atoms with Crippen molar-refractivity contribution in [3.63, 3.8) is 0 Å². The molecule has 0 aliphatic carbocycles. The smallest absolute Gasteiger partial charge is 0.410 e. The molecule has 126 valence electrons. The van der Waals surface area contributed by atoms with E-state index in [2.05, 4.69) is 5.32 Å². The van der Waals surface area contributed by atoms with E-state index in [9.17, 15) is 9.59 Å². The highest BCUT2D eigenvalue weighted by molar-refractivity contribution is 7.10. The van der Waals surface area contributed by atoms with Crippen LogP contribution in [0.4, 0.5) is 4.79 Å². The van der Waals surface area contributed by atoms with Crippen LogP contribution in [-0.4, -0.2) is 36.0 Å². The number of amides is 2. The summed E-state index contributed by atoms with van der Waals surface area (Å²) in [7, 11) is 0. The van der Waals surface area contributed by atoms with Crippen molar-refractivity contribution in [1.82, 2.24) is 10.2 Å². The predicted octanol–water partition coefficient (Wildman–Crippen LogP) is 3.07. The van der Waals surface area contributed by atoms with Crippen LogP contribution in [0.15, 0.2) is 47.8 Å². The van der Waals surface area contributed by atoms with Gasteiger partial charge in [0.2, 0.25) is 5.91 Å². The number of carbonyl (C=O) groups excluding carboxylic acids is 2. The van der Waals surface area contributed by atoms with Crippen molar-refractivity contribution in [2.24, 2.45) is 0 Å². The van der Waals surface area contributed by atoms with Crippen molar-refractivity contribution in [3.05, 3.63) is 52.7 Å². The summed E-state index contributed by atoms with van der Waals surface area (Å²) < 4.78 is 5.23. The van der Waals surface area contributed by atoms with E-state index in [-0.39, 0.29) is 11.9 Å². The van der Waals surface area contributed by atoms with Gasteiger partial charge >= 0.3 is 6.09 Å². The van der Waals surface area contributed by atoms with Crippen molar-refractivity contribution >= 4 is 23.3 Å². The fourth-order valence-electron chi connectivity index (χ4n) is 2.74. The van der Waals surface area contributed by atoms with Crippen LogP contribution in [0.25, 0.3) is 0 Å². The predicted molar refractivity (Wildman–Crippen MR) is 93.2 cm³/mol. The summed E-state index contributed by atoms with van der Waals surface area (Å²) in [6.45, 7) is 1.33. The second kappa shape index (κ2) is 7.97. The van der Waals surface area contributed by atoms with Gasteiger partial charge in [-0.05, 0) is 36.4 Å². The lowest BCUT2D eigenvalue weighted by molar-refractivity contribution is -0.131. The number of carbonyl (C=O) groups is 2. The largest absolute Gasteiger partial charge is 0.412 e. The molecule has 2 aromatic rings. The molecule has 1 aromatic carbocycles. The minimum absolute atomic E-state index is 0.0481. The highest BCUT2D eigenvalue weighted by atomic mass is 32.1. The lowest BCUT2D eigenvalue weighted by atomic mass is 10.0. The Bertz CT molecular complexity index is 665. The third-order valence-electron chi connectivity index (χ3n) is 4.03. The highest BCUT2D eigenvalue weighted by Crippen LogP contribution is 2.15. The Morgan fingerprint density at radius 2 is 1.88 bits per heavy atom. The summed E-state index contributed by atoms with van der Waals surface area (Å²) >= 11 is 1.60. The zero-order valence-electron chi connectivity index (χ0n) is 13.3. The summed E-state index contributed by atoms with van der Waals surface area (Å²) in [5, 5.41) is 4.86. The number of rotatable bonds is 4. The summed E-state index contributed by atoms with van der Waals surface area (Å²) in [6, 6.07) is 13.0. The number of hydrogen-bond donors (Lipinski definition) is 1. The number of benzene rings is 1. The van der Waals surface area contributed by atoms with Crippen LogP contribution in [0.3, 0.4) is 0 Å². The molecule has 24 heavy (non-hydrogen) atoms. The van der Waals surface area contributed by atoms with Crippen molar-refractivity contribution in [2.75, 3.05) is 13.1 Å². The number of ether oxygens (including phenoxy) is 1. The third-order valence-corrected chi connectivity index (χ3v) is 4.91. The van der Waals surface area contributed by atoms with E-state index in [0.717, 1.165) is 17.7 Å². The number of piperidine rings is 1. The summed E-state index contributed by atoms with van der Waals surface area (Å²) in [5.41, 5.74) is 0. The number of nitrogens with zero attached hydrogens (tertiary/aromatic N) is 1. The van der Waals surface area contributed by atoms with Gasteiger partial charge in [-0.2, -0.15) is 0 Å². The first-order valence-corrected chi connectivity index (χ1v) is 8.92. The van der Waals surface area contributed by atoms with Crippen LogP contribution in [0.2, 0.25) is 0 Å². The van der Waals surface area contributed by atoms with Crippen LogP contribution < -0.4 is 10.1 Å². The van der Waals surface area contributed by atoms with Crippen molar-refractivity contribution in [2.45, 2.75) is 25.3 Å². The Morgan fingerprint density at radius 1 is 1.12 bits per heavy atom. The Balaban J connectivity index is 1.41. The van der Waals surface area contributed by atoms with Gasteiger partial charge in [-0.15, -0.1) is 11.3 Å². The molecule has 0 radical (unpaired) electrons. The van der Waals surface area contributed by atoms with E-state index in [1.807, 2.05) is 40.6 Å². The molecule has 1 aromatic heterocycles. The summed E-state index contributed by atoms with van der Waals surface area (Å²) in [5.74, 6) is 0.682. The Labute approximate surface area is 145 Å². The first-order valence-electron chi connectivity index (χ1n) is 8.04. The number of para-hydroxylation sites is 1. The molecule has 1 fully saturated rings. The van der Waals surface area contributed by atoms with Gasteiger partial charge in [-0.1, -0.05) is 24.3 Å². The van der Waals surface area contributed by atoms with Gasteiger partial charge in [-0.3, -0.25) is 4.79 Å². The molecular weight excluding hydrogens is 324 g/mol. The highest BCUT2D eigenvalue weighted by Gasteiger charge is 2.24. The fraction of sp³-hybridized carbons (Fsp3) is 0.333. The van der Waals surface area contributed by atoms with E-state index < -0.39 is 6.09 Å².